The summed E-state index contributed by atoms with van der Waals surface area (Å²) in [5.74, 6) is 1.02. The number of hydrogen-bond donors (Lipinski definition) is 0. The topological polar surface area (TPSA) is 23.8 Å². The van der Waals surface area contributed by atoms with Crippen molar-refractivity contribution in [2.45, 2.75) is 6.42 Å². The molecule has 0 atom stereocenters. The first-order chi connectivity index (χ1) is 8.41. The molecule has 0 spiro atoms. The summed E-state index contributed by atoms with van der Waals surface area (Å²) in [4.78, 5) is 0. The van der Waals surface area contributed by atoms with Crippen molar-refractivity contribution in [3.8, 4) is 6.07 Å². The van der Waals surface area contributed by atoms with Crippen LogP contribution in [0.25, 0.3) is 0 Å². The van der Waals surface area contributed by atoms with Crippen molar-refractivity contribution in [2.24, 2.45) is 0 Å². The Balaban J connectivity index is 2.87. The van der Waals surface area contributed by atoms with Crippen molar-refractivity contribution in [1.82, 2.24) is 0 Å². The molecule has 0 heterocycles. The molecule has 76 valence electrons. The predicted octanol–water partition coefficient (Wildman–Crippen LogP) is -6.95. The van der Waals surface area contributed by atoms with Crippen LogP contribution in [0.4, 0.5) is 0 Å². The molecule has 0 amide bonds. The van der Waals surface area contributed by atoms with E-state index in [0.29, 0.717) is 6.42 Å². The van der Waals surface area contributed by atoms with Gasteiger partial charge in [0.1, 0.15) is 6.45 Å². The molecular formula is C3H17B12NS. The van der Waals surface area contributed by atoms with E-state index in [4.69, 9.17) is 5.26 Å². The molecule has 1 nitrogen and oxygen atoms in total. The summed E-state index contributed by atoms with van der Waals surface area (Å²) in [7, 11) is 16.4. The highest BCUT2D eigenvalue weighted by molar-refractivity contribution is 8.27. The minimum atomic E-state index is 0.711. The van der Waals surface area contributed by atoms with Crippen LogP contribution in [0.15, 0.2) is 0 Å². The van der Waals surface area contributed by atoms with Gasteiger partial charge in [-0.2, -0.15) is 5.26 Å². The molecule has 0 radical (unpaired) electrons. The first kappa shape index (κ1) is 17.6. The third-order valence-electron chi connectivity index (χ3n) is 3.00. The average molecular weight is 229 g/mol. The smallest absolute Gasteiger partial charge is 0.146 e. The third-order valence-corrected chi connectivity index (χ3v) is 4.07. The van der Waals surface area contributed by atoms with Crippen molar-refractivity contribution in [3.05, 3.63) is 0 Å². The van der Waals surface area contributed by atoms with Crippen molar-refractivity contribution >= 4 is 96.4 Å². The highest BCUT2D eigenvalue weighted by Crippen LogP contribution is 1.96. The molecule has 17 heavy (non-hydrogen) atoms. The summed E-state index contributed by atoms with van der Waals surface area (Å²) in [6.45, 7) is 0. The van der Waals surface area contributed by atoms with Gasteiger partial charge in [0.15, 0.2) is 0 Å². The average Bonchev–Trinajstić information content (AvgIpc) is 2.35. The van der Waals surface area contributed by atoms with Crippen molar-refractivity contribution < 1.29 is 0 Å². The molecule has 0 aromatic heterocycles. The highest BCUT2D eigenvalue weighted by Gasteiger charge is 2.01. The van der Waals surface area contributed by atoms with Crippen molar-refractivity contribution in [2.75, 3.05) is 5.75 Å². The molecule has 0 N–H and O–H groups in total. The summed E-state index contributed by atoms with van der Waals surface area (Å²) in [6, 6.07) is 2.19. The molecule has 0 rings (SSSR count). The van der Waals surface area contributed by atoms with Gasteiger partial charge >= 0.3 is 0 Å². The summed E-state index contributed by atoms with van der Waals surface area (Å²) < 4.78 is 0. The van der Waals surface area contributed by atoms with E-state index in [9.17, 15) is 0 Å². The third kappa shape index (κ3) is 16.6. The van der Waals surface area contributed by atoms with E-state index in [1.165, 1.54) is 77.1 Å². The van der Waals surface area contributed by atoms with Crippen LogP contribution in [0, 0.1) is 11.3 Å². The van der Waals surface area contributed by atoms with Crippen LogP contribution >= 0.6 is 11.6 Å². The Bertz CT molecular complexity index is 185. The van der Waals surface area contributed by atoms with Gasteiger partial charge in [-0.3, -0.25) is 0 Å². The number of nitriles is 1. The van der Waals surface area contributed by atoms with Crippen LogP contribution < -0.4 is 0 Å². The Kier molecular flexibility index (Phi) is 17.2. The molecule has 0 saturated carbocycles. The lowest BCUT2D eigenvalue weighted by Gasteiger charge is -1.94. The maximum absolute atomic E-state index is 8.38. The van der Waals surface area contributed by atoms with E-state index in [1.54, 1.807) is 0 Å². The summed E-state index contributed by atoms with van der Waals surface area (Å²) >= 11 is 1.93. The summed E-state index contributed by atoms with van der Waals surface area (Å²) in [6.07, 6.45) is 1.96. The zero-order valence-electron chi connectivity index (χ0n) is 11.5. The second kappa shape index (κ2) is 16.6. The molecule has 0 aromatic rings. The van der Waals surface area contributed by atoms with Crippen molar-refractivity contribution in [1.29, 1.82) is 5.26 Å². The summed E-state index contributed by atoms with van der Waals surface area (Å²) in [5.41, 5.74) is 0. The second-order valence-electron chi connectivity index (χ2n) is 4.70. The first-order valence-corrected chi connectivity index (χ1v) is 8.52. The Hall–Kier alpha value is 0.619. The number of hydrogen-bond acceptors (Lipinski definition) is 2. The molecule has 0 aliphatic rings. The Labute approximate surface area is 120 Å². The fourth-order valence-electron chi connectivity index (χ4n) is 1.91. The molecule has 0 aliphatic heterocycles. The van der Waals surface area contributed by atoms with E-state index < -0.39 is 0 Å². The second-order valence-corrected chi connectivity index (χ2v) is 5.93. The zero-order chi connectivity index (χ0) is 12.6. The van der Waals surface area contributed by atoms with E-state index >= 15 is 0 Å². The van der Waals surface area contributed by atoms with Gasteiger partial charge < -0.3 is 0 Å². The minimum absolute atomic E-state index is 0.711. The van der Waals surface area contributed by atoms with Crippen LogP contribution in [0.1, 0.15) is 6.42 Å². The Morgan fingerprint density at radius 2 is 1.41 bits per heavy atom. The van der Waals surface area contributed by atoms with Gasteiger partial charge in [0.2, 0.25) is 0 Å². The van der Waals surface area contributed by atoms with Gasteiger partial charge in [-0.15, -0.1) is 0 Å². The number of rotatable bonds is 13. The Morgan fingerprint density at radius 1 is 0.882 bits per heavy atom. The molecule has 14 heteroatoms. The van der Waals surface area contributed by atoms with Crippen LogP contribution in [0.5, 0.6) is 0 Å². The zero-order valence-corrected chi connectivity index (χ0v) is 12.4. The van der Waals surface area contributed by atoms with Crippen LogP contribution in [-0.2, 0) is 0 Å². The lowest BCUT2D eigenvalue weighted by Crippen LogP contribution is -2.33. The van der Waals surface area contributed by atoms with Gasteiger partial charge in [-0.25, -0.2) is 11.6 Å². The Morgan fingerprint density at radius 3 is 1.94 bits per heavy atom. The van der Waals surface area contributed by atoms with Gasteiger partial charge in [0.25, 0.3) is 0 Å². The molecule has 0 aromatic carbocycles. The van der Waals surface area contributed by atoms with E-state index in [1.807, 2.05) is 11.6 Å². The van der Waals surface area contributed by atoms with E-state index in [-0.39, 0.29) is 0 Å². The predicted molar refractivity (Wildman–Crippen MR) is 110 cm³/mol. The molecule has 0 aliphatic carbocycles. The molecule has 0 fully saturated rings. The largest absolute Gasteiger partial charge is 0.224 e. The quantitative estimate of drug-likeness (QED) is 0.231. The monoisotopic (exact) mass is 231 g/mol. The lowest BCUT2D eigenvalue weighted by molar-refractivity contribution is 1.25. The minimum Gasteiger partial charge on any atom is -0.224 e. The standard InChI is InChI=1S/C3H17B12NS/c4-5-6-7-8-9-10-11-12-13-14-15-17-3-1-2-16/h5-15H,1,3-4H2. The van der Waals surface area contributed by atoms with Gasteiger partial charge in [0.05, 0.1) is 20.9 Å². The number of nitrogens with zero attached hydrogens (tertiary/aromatic N) is 1. The normalized spacial score (nSPS) is 7.71. The molecule has 0 unspecified atom stereocenters. The van der Waals surface area contributed by atoms with Crippen LogP contribution in [0.3, 0.4) is 0 Å². The summed E-state index contributed by atoms with van der Waals surface area (Å²) in [5, 5.41) is 8.38. The maximum Gasteiger partial charge on any atom is 0.146 e. The molecular weight excluding hydrogens is 212 g/mol. The fourth-order valence-corrected chi connectivity index (χ4v) is 2.76. The lowest BCUT2D eigenvalue weighted by atomic mass is 8.87. The van der Waals surface area contributed by atoms with E-state index in [0.717, 1.165) is 5.75 Å². The molecule has 0 bridgehead atoms. The van der Waals surface area contributed by atoms with Gasteiger partial charge in [-0.1, -0.05) is 0 Å². The van der Waals surface area contributed by atoms with Crippen molar-refractivity contribution in [3.63, 3.8) is 0 Å². The van der Waals surface area contributed by atoms with E-state index in [2.05, 4.69) is 13.8 Å². The maximum atomic E-state index is 8.38. The first-order valence-electron chi connectivity index (χ1n) is 7.36. The SMILES string of the molecule is BBBBBBBBBBBBSCCC#N. The highest BCUT2D eigenvalue weighted by atomic mass is 32.2. The molecule has 0 saturated heterocycles. The van der Waals surface area contributed by atoms with Crippen LogP contribution in [-0.4, -0.2) is 90.5 Å². The van der Waals surface area contributed by atoms with Gasteiger partial charge in [-0.05, 0) is 5.75 Å². The fraction of sp³-hybridized carbons (Fsp3) is 0.667. The van der Waals surface area contributed by atoms with Crippen LogP contribution in [0.2, 0.25) is 0 Å². The van der Waals surface area contributed by atoms with Gasteiger partial charge in [0, 0.05) is 70.0 Å².